The molecule has 0 radical (unpaired) electrons. The van der Waals surface area contributed by atoms with E-state index in [1.807, 2.05) is 35.3 Å². The Morgan fingerprint density at radius 3 is 1.04 bits per heavy atom. The van der Waals surface area contributed by atoms with Crippen molar-refractivity contribution < 1.29 is 45.4 Å². The molecule has 0 atom stereocenters. The Labute approximate surface area is 601 Å². The van der Waals surface area contributed by atoms with Gasteiger partial charge in [-0.15, -0.1) is 0 Å². The summed E-state index contributed by atoms with van der Waals surface area (Å²) in [5, 5.41) is 11.4. The van der Waals surface area contributed by atoms with Crippen molar-refractivity contribution in [3.63, 3.8) is 0 Å². The van der Waals surface area contributed by atoms with Crippen molar-refractivity contribution in [2.75, 3.05) is 4.93 Å². The third-order valence-corrected chi connectivity index (χ3v) is 15.2. The first kappa shape index (κ1) is 76.3. The molecule has 14 rings (SSSR count). The monoisotopic (exact) mass is 1590 g/mol. The lowest BCUT2D eigenvalue weighted by molar-refractivity contribution is -0.253. The third-order valence-electron chi connectivity index (χ3n) is 14.1. The second-order valence-corrected chi connectivity index (χ2v) is 22.9. The molecule has 5 aromatic heterocycles. The van der Waals surface area contributed by atoms with Gasteiger partial charge in [0.25, 0.3) is 0 Å². The number of aromatic nitrogens is 5. The second-order valence-electron chi connectivity index (χ2n) is 20.7. The maximum atomic E-state index is 12.9. The predicted molar refractivity (Wildman–Crippen MR) is 386 cm³/mol. The molecule has 0 aliphatic rings. The SMILES string of the molecule is CI.Cn1c(=O)oc(=O)c2cc(Cl)ccc21.O=c1[nH]c2ccc(Cl)cc2c(=O)o1.O=c1oc(=O)n(Cc2ccc(F)cc2)c2ccc(Cl)cc12.O=c1oc(=O)n(Cc2ccc(F)cc2)c2ccc(Cl)cc12.O=c1oc(=O)n(Cc2ccccc2)c2ccc(Cl)cc12.OOCc1ccc(F)cc1. The molecular formula is C70H48Cl5F3IN5O17. The van der Waals surface area contributed by atoms with E-state index in [-0.39, 0.29) is 53.3 Å². The molecule has 0 fully saturated rings. The number of H-pyrrole nitrogens is 1. The number of hydrogen-bond donors (Lipinski definition) is 2. The molecule has 518 valence electrons. The van der Waals surface area contributed by atoms with Crippen molar-refractivity contribution in [2.24, 2.45) is 7.05 Å². The largest absolute Gasteiger partial charge is 0.422 e. The van der Waals surface area contributed by atoms with Crippen molar-refractivity contribution in [1.82, 2.24) is 23.3 Å². The quantitative estimate of drug-likeness (QED) is 0.0618. The number of aromatic amines is 1. The molecule has 2 N–H and O–H groups in total. The van der Waals surface area contributed by atoms with Gasteiger partial charge in [0.05, 0.1) is 74.1 Å². The lowest BCUT2D eigenvalue weighted by Gasteiger charge is -2.08. The van der Waals surface area contributed by atoms with Crippen molar-refractivity contribution in [1.29, 1.82) is 0 Å². The van der Waals surface area contributed by atoms with Crippen LogP contribution in [0.4, 0.5) is 13.2 Å². The molecule has 0 aliphatic heterocycles. The Morgan fingerprint density at radius 1 is 0.376 bits per heavy atom. The summed E-state index contributed by atoms with van der Waals surface area (Å²) in [5.74, 6) is -4.65. The van der Waals surface area contributed by atoms with Crippen LogP contribution in [0.15, 0.2) is 264 Å². The fraction of sp³-hybridized carbons (Fsp3) is 0.0857. The predicted octanol–water partition coefficient (Wildman–Crippen LogP) is 13.4. The number of alkyl halides is 1. The van der Waals surface area contributed by atoms with Crippen LogP contribution in [-0.4, -0.2) is 33.4 Å². The first-order valence-electron chi connectivity index (χ1n) is 28.9. The number of nitrogens with zero attached hydrogens (tertiary/aromatic N) is 4. The molecule has 0 aliphatic carbocycles. The molecule has 0 spiro atoms. The summed E-state index contributed by atoms with van der Waals surface area (Å²) < 4.78 is 66.3. The normalized spacial score (nSPS) is 10.6. The number of benzene rings is 9. The van der Waals surface area contributed by atoms with E-state index >= 15 is 0 Å². The van der Waals surface area contributed by atoms with Crippen LogP contribution in [0.2, 0.25) is 25.1 Å². The minimum absolute atomic E-state index is 0.0975. The van der Waals surface area contributed by atoms with Crippen LogP contribution in [0.25, 0.3) is 54.5 Å². The highest BCUT2D eigenvalue weighted by Gasteiger charge is 2.15. The molecule has 9 aromatic carbocycles. The maximum absolute atomic E-state index is 12.9. The van der Waals surface area contributed by atoms with E-state index in [1.54, 1.807) is 97.1 Å². The molecule has 101 heavy (non-hydrogen) atoms. The zero-order valence-electron chi connectivity index (χ0n) is 52.0. The fourth-order valence-electron chi connectivity index (χ4n) is 9.33. The molecule has 0 unspecified atom stereocenters. The number of nitrogens with one attached hydrogen (secondary N) is 1. The summed E-state index contributed by atoms with van der Waals surface area (Å²) in [6.45, 7) is 0.768. The van der Waals surface area contributed by atoms with Gasteiger partial charge < -0.3 is 22.1 Å². The number of hydrogen-bond acceptors (Lipinski definition) is 17. The molecule has 14 aromatic rings. The number of fused-ring (bicyclic) bond motifs is 5. The first-order valence-corrected chi connectivity index (χ1v) is 32.9. The lowest BCUT2D eigenvalue weighted by atomic mass is 10.2. The Morgan fingerprint density at radius 2 is 0.673 bits per heavy atom. The van der Waals surface area contributed by atoms with Crippen LogP contribution < -0.4 is 56.9 Å². The highest BCUT2D eigenvalue weighted by atomic mass is 127. The van der Waals surface area contributed by atoms with E-state index in [4.69, 9.17) is 76.5 Å². The van der Waals surface area contributed by atoms with Crippen LogP contribution in [0.5, 0.6) is 0 Å². The summed E-state index contributed by atoms with van der Waals surface area (Å²) in [7, 11) is 1.53. The van der Waals surface area contributed by atoms with Gasteiger partial charge in [-0.3, -0.25) is 28.5 Å². The van der Waals surface area contributed by atoms with E-state index < -0.39 is 56.9 Å². The Hall–Kier alpha value is -10.4. The van der Waals surface area contributed by atoms with E-state index in [9.17, 15) is 61.1 Å². The van der Waals surface area contributed by atoms with Crippen molar-refractivity contribution >= 4 is 135 Å². The minimum Gasteiger partial charge on any atom is -0.372 e. The molecule has 0 saturated carbocycles. The van der Waals surface area contributed by atoms with Crippen molar-refractivity contribution in [3.8, 4) is 0 Å². The molecule has 0 amide bonds. The van der Waals surface area contributed by atoms with E-state index in [0.29, 0.717) is 81.1 Å². The van der Waals surface area contributed by atoms with Gasteiger partial charge in [-0.25, -0.2) is 66.0 Å². The van der Waals surface area contributed by atoms with Crippen LogP contribution in [0.3, 0.4) is 0 Å². The van der Waals surface area contributed by atoms with Crippen LogP contribution in [0, 0.1) is 17.5 Å². The van der Waals surface area contributed by atoms with Gasteiger partial charge in [-0.05, 0) is 155 Å². The van der Waals surface area contributed by atoms with Crippen LogP contribution in [-0.2, 0) is 38.2 Å². The van der Waals surface area contributed by atoms with Crippen LogP contribution >= 0.6 is 80.6 Å². The smallest absolute Gasteiger partial charge is 0.372 e. The van der Waals surface area contributed by atoms with E-state index in [2.05, 4.69) is 41.3 Å². The Bertz CT molecular complexity index is 5790. The topological polar surface area (TPSA) is 301 Å². The van der Waals surface area contributed by atoms with Gasteiger partial charge in [0.15, 0.2) is 0 Å². The van der Waals surface area contributed by atoms with Crippen molar-refractivity contribution in [2.45, 2.75) is 26.2 Å². The zero-order valence-corrected chi connectivity index (χ0v) is 57.9. The standard InChI is InChI=1S/2C15H9ClFNO3.C15H10ClNO3.C9H6ClNO3.C8H4ClNO3.C7H7FO2.CH3I/c2*16-10-3-6-13-12(7-10)14(19)21-15(20)18(13)8-9-1-4-11(17)5-2-9;16-11-6-7-13-12(8-11)14(18)20-15(19)17(13)9-10-4-2-1-3-5-10;1-11-7-3-2-5(10)4-6(7)8(12)14-9(11)13;9-4-1-2-6-5(3-4)7(11)13-8(12)10-6;8-7-3-1-6(2-4-7)5-10-9;1-2/h2*1-7H,8H2;1-8H,9H2;2-4H,1H3;1-3H,(H,10,12);1-4,9H,5H2;1H3. The second kappa shape index (κ2) is 35.6. The minimum atomic E-state index is -0.765. The summed E-state index contributed by atoms with van der Waals surface area (Å²) in [5.41, 5.74) is 1.93. The van der Waals surface area contributed by atoms with Gasteiger partial charge in [-0.2, -0.15) is 0 Å². The molecule has 0 saturated heterocycles. The highest BCUT2D eigenvalue weighted by Crippen LogP contribution is 2.21. The Balaban J connectivity index is 0.000000156. The van der Waals surface area contributed by atoms with Crippen LogP contribution in [0.1, 0.15) is 22.3 Å². The molecule has 31 heteroatoms. The fourth-order valence-corrected chi connectivity index (χ4v) is 10.2. The average molecular weight is 1590 g/mol. The van der Waals surface area contributed by atoms with E-state index in [1.165, 1.54) is 92.0 Å². The van der Waals surface area contributed by atoms with Crippen molar-refractivity contribution in [3.05, 3.63) is 364 Å². The molecule has 5 heterocycles. The van der Waals surface area contributed by atoms with Gasteiger partial charge in [0, 0.05) is 32.2 Å². The van der Waals surface area contributed by atoms with Gasteiger partial charge in [0.2, 0.25) is 0 Å². The molecule has 22 nitrogen and oxygen atoms in total. The molecular weight excluding hydrogens is 1540 g/mol. The van der Waals surface area contributed by atoms with E-state index in [0.717, 1.165) is 11.1 Å². The summed E-state index contributed by atoms with van der Waals surface area (Å²) >= 11 is 31.1. The number of halogens is 9. The van der Waals surface area contributed by atoms with Gasteiger partial charge >= 0.3 is 56.9 Å². The average Bonchev–Trinajstić information content (AvgIpc) is 0.814. The summed E-state index contributed by atoms with van der Waals surface area (Å²) in [6, 6.07) is 50.0. The number of rotatable bonds is 8. The first-order chi connectivity index (χ1) is 48.3. The summed E-state index contributed by atoms with van der Waals surface area (Å²) in [6.07, 6.45) is 0. The Kier molecular flexibility index (Phi) is 26.9. The maximum Gasteiger partial charge on any atom is 0.422 e. The highest BCUT2D eigenvalue weighted by molar-refractivity contribution is 14.1. The number of aryl methyl sites for hydroxylation is 1. The molecule has 0 bridgehead atoms. The zero-order chi connectivity index (χ0) is 73.2. The van der Waals surface area contributed by atoms with Gasteiger partial charge in [0.1, 0.15) is 24.1 Å². The van der Waals surface area contributed by atoms with Gasteiger partial charge in [-0.1, -0.05) is 147 Å². The third kappa shape index (κ3) is 20.4. The summed E-state index contributed by atoms with van der Waals surface area (Å²) in [4.78, 5) is 123. The lowest BCUT2D eigenvalue weighted by Crippen LogP contribution is -2.25.